The van der Waals surface area contributed by atoms with E-state index in [2.05, 4.69) is 16.4 Å². The number of nitrogens with zero attached hydrogens (tertiary/aromatic N) is 2. The van der Waals surface area contributed by atoms with Gasteiger partial charge in [-0.1, -0.05) is 32.6 Å². The van der Waals surface area contributed by atoms with Crippen LogP contribution in [-0.2, 0) is 4.74 Å². The maximum absolute atomic E-state index is 9.29. The largest absolute Gasteiger partial charge is 0.392 e. The van der Waals surface area contributed by atoms with Gasteiger partial charge in [0.05, 0.1) is 6.61 Å². The maximum Gasteiger partial charge on any atom is 0.0682 e. The third kappa shape index (κ3) is 9.59. The smallest absolute Gasteiger partial charge is 0.0682 e. The highest BCUT2D eigenvalue weighted by Crippen LogP contribution is 2.12. The zero-order chi connectivity index (χ0) is 17.5. The molecule has 0 aromatic heterocycles. The molecule has 0 bridgehead atoms. The molecule has 0 atom stereocenters. The Balaban J connectivity index is 0.00000232. The van der Waals surface area contributed by atoms with Crippen LogP contribution in [0.2, 0.25) is 0 Å². The Kier molecular flexibility index (Phi) is 13.8. The van der Waals surface area contributed by atoms with E-state index in [-0.39, 0.29) is 6.61 Å². The van der Waals surface area contributed by atoms with Crippen molar-refractivity contribution in [2.75, 3.05) is 52.5 Å². The first-order valence-corrected chi connectivity index (χ1v) is 8.89. The van der Waals surface area contributed by atoms with Crippen molar-refractivity contribution in [3.05, 3.63) is 36.1 Å². The van der Waals surface area contributed by atoms with Crippen molar-refractivity contribution in [3.63, 3.8) is 0 Å². The quantitative estimate of drug-likeness (QED) is 0.522. The van der Waals surface area contributed by atoms with Gasteiger partial charge in [0.15, 0.2) is 0 Å². The van der Waals surface area contributed by atoms with Crippen LogP contribution in [0.4, 0.5) is 0 Å². The summed E-state index contributed by atoms with van der Waals surface area (Å²) in [5, 5.41) is 9.29. The number of rotatable bonds is 9. The average Bonchev–Trinajstić information content (AvgIpc) is 2.60. The minimum Gasteiger partial charge on any atom is -0.392 e. The molecule has 0 aromatic carbocycles. The van der Waals surface area contributed by atoms with Gasteiger partial charge < -0.3 is 14.7 Å². The predicted octanol–water partition coefficient (Wildman–Crippen LogP) is 3.07. The number of piperazine rings is 1. The topological polar surface area (TPSA) is 35.9 Å². The number of hydrogen-bond donors (Lipinski definition) is 1. The summed E-state index contributed by atoms with van der Waals surface area (Å²) in [6, 6.07) is 0. The van der Waals surface area contributed by atoms with Crippen molar-refractivity contribution < 1.29 is 9.84 Å². The molecule has 134 valence electrons. The summed E-state index contributed by atoms with van der Waals surface area (Å²) in [6.45, 7) is 19.1. The Labute approximate surface area is 143 Å². The highest BCUT2D eigenvalue weighted by Gasteiger charge is 2.16. The van der Waals surface area contributed by atoms with E-state index in [1.165, 1.54) is 0 Å². The van der Waals surface area contributed by atoms with Crippen molar-refractivity contribution in [3.8, 4) is 0 Å². The van der Waals surface area contributed by atoms with Crippen LogP contribution in [0.15, 0.2) is 36.1 Å². The van der Waals surface area contributed by atoms with E-state index in [4.69, 9.17) is 4.74 Å². The molecule has 0 spiro atoms. The Morgan fingerprint density at radius 3 is 2.39 bits per heavy atom. The Bertz CT molecular complexity index is 356. The molecular formula is C19H36N2O2. The van der Waals surface area contributed by atoms with E-state index in [0.717, 1.165) is 63.6 Å². The predicted molar refractivity (Wildman–Crippen MR) is 99.6 cm³/mol. The van der Waals surface area contributed by atoms with Gasteiger partial charge in [0.25, 0.3) is 0 Å². The lowest BCUT2D eigenvalue weighted by Crippen LogP contribution is -2.45. The second-order valence-electron chi connectivity index (χ2n) is 5.25. The number of aliphatic hydroxyl groups is 1. The van der Waals surface area contributed by atoms with Gasteiger partial charge in [0.2, 0.25) is 0 Å². The van der Waals surface area contributed by atoms with Crippen LogP contribution >= 0.6 is 0 Å². The first-order valence-electron chi connectivity index (χ1n) is 8.89. The van der Waals surface area contributed by atoms with Crippen LogP contribution in [0, 0.1) is 0 Å². The summed E-state index contributed by atoms with van der Waals surface area (Å²) < 4.78 is 5.37. The first kappa shape index (κ1) is 21.9. The summed E-state index contributed by atoms with van der Waals surface area (Å²) in [5.74, 6) is 0. The van der Waals surface area contributed by atoms with Crippen LogP contribution in [0.3, 0.4) is 0 Å². The minimum atomic E-state index is 0.0563. The second-order valence-corrected chi connectivity index (χ2v) is 5.25. The highest BCUT2D eigenvalue weighted by molar-refractivity contribution is 5.28. The van der Waals surface area contributed by atoms with E-state index in [1.54, 1.807) is 0 Å². The molecule has 0 saturated carbocycles. The molecule has 1 fully saturated rings. The molecule has 1 heterocycles. The van der Waals surface area contributed by atoms with Crippen LogP contribution in [0.5, 0.6) is 0 Å². The summed E-state index contributed by atoms with van der Waals surface area (Å²) in [5.41, 5.74) is 1.90. The van der Waals surface area contributed by atoms with E-state index < -0.39 is 0 Å². The monoisotopic (exact) mass is 324 g/mol. The zero-order valence-corrected chi connectivity index (χ0v) is 15.6. The third-order valence-electron chi connectivity index (χ3n) is 3.66. The fourth-order valence-electron chi connectivity index (χ4n) is 2.46. The average molecular weight is 325 g/mol. The molecule has 1 aliphatic heterocycles. The van der Waals surface area contributed by atoms with Crippen LogP contribution in [-0.4, -0.2) is 67.5 Å². The standard InChI is InChI=1S/C17H30N2O2.C2H6/c1-4-7-17(15-20)14-16(3)19-11-9-18(10-12-19)8-6-13-21-5-2;1-2/h4,7,14,20H,3,5-6,8-13,15H2,1-2H3;1-2H3/b7-4-,17-14+;. The molecule has 0 unspecified atom stereocenters. The lowest BCUT2D eigenvalue weighted by atomic mass is 10.2. The molecule has 1 rings (SSSR count). The molecular weight excluding hydrogens is 288 g/mol. The SMILES string of the molecule is C=C(/C=C(\C=C/C)CO)N1CCN(CCCOCC)CC1.CC. The van der Waals surface area contributed by atoms with Gasteiger partial charge in [-0.15, -0.1) is 0 Å². The highest BCUT2D eigenvalue weighted by atomic mass is 16.5. The lowest BCUT2D eigenvalue weighted by molar-refractivity contribution is 0.115. The van der Waals surface area contributed by atoms with Gasteiger partial charge in [-0.3, -0.25) is 4.90 Å². The number of allylic oxidation sites excluding steroid dienone is 2. The van der Waals surface area contributed by atoms with Crippen molar-refractivity contribution in [2.24, 2.45) is 0 Å². The molecule has 0 aromatic rings. The summed E-state index contributed by atoms with van der Waals surface area (Å²) >= 11 is 0. The number of aliphatic hydroxyl groups excluding tert-OH is 1. The molecule has 4 heteroatoms. The van der Waals surface area contributed by atoms with E-state index in [0.29, 0.717) is 0 Å². The van der Waals surface area contributed by atoms with Gasteiger partial charge in [0, 0.05) is 51.6 Å². The molecule has 1 N–H and O–H groups in total. The van der Waals surface area contributed by atoms with Gasteiger partial charge >= 0.3 is 0 Å². The van der Waals surface area contributed by atoms with Crippen molar-refractivity contribution in [1.82, 2.24) is 9.80 Å². The zero-order valence-electron chi connectivity index (χ0n) is 15.6. The Hall–Kier alpha value is -1.10. The van der Waals surface area contributed by atoms with Crippen LogP contribution in [0.25, 0.3) is 0 Å². The lowest BCUT2D eigenvalue weighted by Gasteiger charge is -2.36. The fraction of sp³-hybridized carbons (Fsp3) is 0.684. The van der Waals surface area contributed by atoms with Gasteiger partial charge in [-0.2, -0.15) is 0 Å². The van der Waals surface area contributed by atoms with E-state index in [9.17, 15) is 5.11 Å². The summed E-state index contributed by atoms with van der Waals surface area (Å²) in [4.78, 5) is 4.77. The van der Waals surface area contributed by atoms with Gasteiger partial charge in [0.1, 0.15) is 0 Å². The summed E-state index contributed by atoms with van der Waals surface area (Å²) in [6.07, 6.45) is 6.94. The third-order valence-corrected chi connectivity index (χ3v) is 3.66. The number of ether oxygens (including phenoxy) is 1. The summed E-state index contributed by atoms with van der Waals surface area (Å²) in [7, 11) is 0. The van der Waals surface area contributed by atoms with E-state index >= 15 is 0 Å². The Morgan fingerprint density at radius 1 is 1.22 bits per heavy atom. The molecule has 0 radical (unpaired) electrons. The van der Waals surface area contributed by atoms with Crippen molar-refractivity contribution in [1.29, 1.82) is 0 Å². The second kappa shape index (κ2) is 14.5. The molecule has 0 amide bonds. The van der Waals surface area contributed by atoms with E-state index in [1.807, 2.05) is 45.9 Å². The molecule has 0 aliphatic carbocycles. The van der Waals surface area contributed by atoms with Gasteiger partial charge in [-0.05, 0) is 31.9 Å². The first-order chi connectivity index (χ1) is 11.2. The molecule has 1 aliphatic rings. The number of hydrogen-bond acceptors (Lipinski definition) is 4. The Morgan fingerprint density at radius 2 is 1.87 bits per heavy atom. The van der Waals surface area contributed by atoms with Crippen LogP contribution in [0.1, 0.15) is 34.1 Å². The maximum atomic E-state index is 9.29. The van der Waals surface area contributed by atoms with Crippen molar-refractivity contribution >= 4 is 0 Å². The molecule has 23 heavy (non-hydrogen) atoms. The van der Waals surface area contributed by atoms with Gasteiger partial charge in [-0.25, -0.2) is 0 Å². The van der Waals surface area contributed by atoms with Crippen LogP contribution < -0.4 is 0 Å². The molecule has 1 saturated heterocycles. The fourth-order valence-corrected chi connectivity index (χ4v) is 2.46. The van der Waals surface area contributed by atoms with Crippen molar-refractivity contribution in [2.45, 2.75) is 34.1 Å². The normalized spacial score (nSPS) is 16.4. The molecule has 4 nitrogen and oxygen atoms in total. The minimum absolute atomic E-state index is 0.0563.